The molecule has 4 nitrogen and oxygen atoms in total. The number of amides is 2. The van der Waals surface area contributed by atoms with Crippen molar-refractivity contribution in [2.45, 2.75) is 13.8 Å². The number of rotatable bonds is 4. The monoisotopic (exact) mass is 378 g/mol. The SMILES string of the molecule is Cc1cccc(C)c1NC(=O)c1ccccc1NC(=O)c1ccccc1Cl. The molecule has 0 unspecified atom stereocenters. The lowest BCUT2D eigenvalue weighted by Crippen LogP contribution is -2.19. The summed E-state index contributed by atoms with van der Waals surface area (Å²) < 4.78 is 0. The first-order valence-electron chi connectivity index (χ1n) is 8.50. The number of carbonyl (C=O) groups is 2. The van der Waals surface area contributed by atoms with Gasteiger partial charge in [0.25, 0.3) is 11.8 Å². The van der Waals surface area contributed by atoms with Gasteiger partial charge in [-0.1, -0.05) is 54.1 Å². The zero-order chi connectivity index (χ0) is 19.4. The van der Waals surface area contributed by atoms with Gasteiger partial charge >= 0.3 is 0 Å². The average molecular weight is 379 g/mol. The van der Waals surface area contributed by atoms with Gasteiger partial charge in [-0.3, -0.25) is 9.59 Å². The Bertz CT molecular complexity index is 994. The minimum Gasteiger partial charge on any atom is -0.321 e. The number of anilines is 2. The third-order valence-corrected chi connectivity index (χ3v) is 4.59. The van der Waals surface area contributed by atoms with Crippen LogP contribution in [-0.4, -0.2) is 11.8 Å². The second-order valence-corrected chi connectivity index (χ2v) is 6.61. The maximum Gasteiger partial charge on any atom is 0.257 e. The van der Waals surface area contributed by atoms with E-state index in [4.69, 9.17) is 11.6 Å². The normalized spacial score (nSPS) is 10.3. The largest absolute Gasteiger partial charge is 0.321 e. The van der Waals surface area contributed by atoms with Crippen molar-refractivity contribution in [1.82, 2.24) is 0 Å². The fourth-order valence-electron chi connectivity index (χ4n) is 2.82. The average Bonchev–Trinajstić information content (AvgIpc) is 2.65. The van der Waals surface area contributed by atoms with E-state index in [9.17, 15) is 9.59 Å². The molecule has 0 aliphatic rings. The van der Waals surface area contributed by atoms with E-state index in [1.54, 1.807) is 48.5 Å². The van der Waals surface area contributed by atoms with Gasteiger partial charge in [0.15, 0.2) is 0 Å². The molecular formula is C22H19ClN2O2. The zero-order valence-electron chi connectivity index (χ0n) is 15.0. The van der Waals surface area contributed by atoms with Crippen LogP contribution >= 0.6 is 11.6 Å². The number of nitrogens with one attached hydrogen (secondary N) is 2. The van der Waals surface area contributed by atoms with Crippen molar-refractivity contribution in [1.29, 1.82) is 0 Å². The Kier molecular flexibility index (Phi) is 5.57. The Morgan fingerprint density at radius 3 is 1.93 bits per heavy atom. The van der Waals surface area contributed by atoms with Crippen molar-refractivity contribution in [3.05, 3.63) is 94.0 Å². The number of benzene rings is 3. The van der Waals surface area contributed by atoms with Gasteiger partial charge < -0.3 is 10.6 Å². The number of para-hydroxylation sites is 2. The van der Waals surface area contributed by atoms with Crippen LogP contribution in [0.5, 0.6) is 0 Å². The highest BCUT2D eigenvalue weighted by Gasteiger charge is 2.16. The Balaban J connectivity index is 1.87. The number of aryl methyl sites for hydroxylation is 2. The van der Waals surface area contributed by atoms with Gasteiger partial charge in [-0.25, -0.2) is 0 Å². The first kappa shape index (κ1) is 18.7. The molecule has 0 saturated carbocycles. The summed E-state index contributed by atoms with van der Waals surface area (Å²) in [5, 5.41) is 6.08. The first-order valence-corrected chi connectivity index (χ1v) is 8.87. The summed E-state index contributed by atoms with van der Waals surface area (Å²) in [7, 11) is 0. The van der Waals surface area contributed by atoms with E-state index in [0.29, 0.717) is 21.8 Å². The smallest absolute Gasteiger partial charge is 0.257 e. The molecule has 2 amide bonds. The topological polar surface area (TPSA) is 58.2 Å². The molecule has 3 aromatic rings. The van der Waals surface area contributed by atoms with Gasteiger partial charge in [-0.15, -0.1) is 0 Å². The van der Waals surface area contributed by atoms with E-state index in [2.05, 4.69) is 10.6 Å². The molecule has 0 atom stereocenters. The summed E-state index contributed by atoms with van der Waals surface area (Å²) in [5.74, 6) is -0.657. The molecule has 3 aromatic carbocycles. The summed E-state index contributed by atoms with van der Waals surface area (Å²) in [6.45, 7) is 3.88. The molecule has 27 heavy (non-hydrogen) atoms. The van der Waals surface area contributed by atoms with Crippen molar-refractivity contribution in [3.63, 3.8) is 0 Å². The van der Waals surface area contributed by atoms with Crippen LogP contribution < -0.4 is 10.6 Å². The van der Waals surface area contributed by atoms with E-state index in [-0.39, 0.29) is 11.8 Å². The molecule has 0 bridgehead atoms. The van der Waals surface area contributed by atoms with Crippen LogP contribution in [0.3, 0.4) is 0 Å². The molecule has 136 valence electrons. The standard InChI is InChI=1S/C22H19ClN2O2/c1-14-8-7-9-15(2)20(14)25-22(27)17-11-4-6-13-19(17)24-21(26)16-10-3-5-12-18(16)23/h3-13H,1-2H3,(H,24,26)(H,25,27). The quantitative estimate of drug-likeness (QED) is 0.633. The van der Waals surface area contributed by atoms with Crippen LogP contribution in [0.2, 0.25) is 5.02 Å². The van der Waals surface area contributed by atoms with Gasteiger partial charge in [0, 0.05) is 5.69 Å². The van der Waals surface area contributed by atoms with Crippen LogP contribution in [0.15, 0.2) is 66.7 Å². The lowest BCUT2D eigenvalue weighted by molar-refractivity contribution is 0.102. The third-order valence-electron chi connectivity index (χ3n) is 4.26. The summed E-state index contributed by atoms with van der Waals surface area (Å²) in [4.78, 5) is 25.4. The predicted molar refractivity (Wildman–Crippen MR) is 110 cm³/mol. The number of hydrogen-bond donors (Lipinski definition) is 2. The van der Waals surface area contributed by atoms with Gasteiger partial charge in [-0.2, -0.15) is 0 Å². The number of hydrogen-bond acceptors (Lipinski definition) is 2. The van der Waals surface area contributed by atoms with Gasteiger partial charge in [0.1, 0.15) is 0 Å². The lowest BCUT2D eigenvalue weighted by atomic mass is 10.1. The van der Waals surface area contributed by atoms with E-state index in [0.717, 1.165) is 16.8 Å². The molecule has 0 aliphatic heterocycles. The maximum absolute atomic E-state index is 12.8. The Labute approximate surface area is 163 Å². The summed E-state index contributed by atoms with van der Waals surface area (Å²) >= 11 is 6.09. The highest BCUT2D eigenvalue weighted by atomic mass is 35.5. The molecular weight excluding hydrogens is 360 g/mol. The second-order valence-electron chi connectivity index (χ2n) is 6.20. The highest BCUT2D eigenvalue weighted by Crippen LogP contribution is 2.23. The minimum absolute atomic E-state index is 0.289. The van der Waals surface area contributed by atoms with Crippen LogP contribution in [0.25, 0.3) is 0 Å². The molecule has 0 saturated heterocycles. The van der Waals surface area contributed by atoms with E-state index in [1.807, 2.05) is 32.0 Å². The van der Waals surface area contributed by atoms with Crippen molar-refractivity contribution < 1.29 is 9.59 Å². The molecule has 0 aliphatic carbocycles. The molecule has 2 N–H and O–H groups in total. The lowest BCUT2D eigenvalue weighted by Gasteiger charge is -2.14. The summed E-state index contributed by atoms with van der Waals surface area (Å²) in [6.07, 6.45) is 0. The van der Waals surface area contributed by atoms with Gasteiger partial charge in [0.2, 0.25) is 0 Å². The predicted octanol–water partition coefficient (Wildman–Crippen LogP) is 5.46. The number of carbonyl (C=O) groups excluding carboxylic acids is 2. The van der Waals surface area contributed by atoms with Gasteiger partial charge in [0.05, 0.1) is 21.8 Å². The molecule has 0 heterocycles. The Hall–Kier alpha value is -3.11. The van der Waals surface area contributed by atoms with Crippen LogP contribution in [0.4, 0.5) is 11.4 Å². The molecule has 0 spiro atoms. The van der Waals surface area contributed by atoms with Crippen LogP contribution in [0, 0.1) is 13.8 Å². The molecule has 0 fully saturated rings. The van der Waals surface area contributed by atoms with Crippen molar-refractivity contribution in [2.75, 3.05) is 10.6 Å². The summed E-state index contributed by atoms with van der Waals surface area (Å²) in [5.41, 5.74) is 3.87. The minimum atomic E-state index is -0.368. The Morgan fingerprint density at radius 1 is 0.704 bits per heavy atom. The van der Waals surface area contributed by atoms with Crippen LogP contribution in [-0.2, 0) is 0 Å². The fourth-order valence-corrected chi connectivity index (χ4v) is 3.04. The van der Waals surface area contributed by atoms with Crippen molar-refractivity contribution in [2.24, 2.45) is 0 Å². The molecule has 0 radical (unpaired) electrons. The van der Waals surface area contributed by atoms with Gasteiger partial charge in [-0.05, 0) is 49.2 Å². The zero-order valence-corrected chi connectivity index (χ0v) is 15.8. The third kappa shape index (κ3) is 4.18. The summed E-state index contributed by atoms with van der Waals surface area (Å²) in [6, 6.07) is 19.5. The maximum atomic E-state index is 12.8. The molecule has 0 aromatic heterocycles. The molecule has 3 rings (SSSR count). The van der Waals surface area contributed by atoms with E-state index >= 15 is 0 Å². The first-order chi connectivity index (χ1) is 13.0. The number of halogens is 1. The van der Waals surface area contributed by atoms with E-state index < -0.39 is 0 Å². The van der Waals surface area contributed by atoms with Crippen molar-refractivity contribution >= 4 is 34.8 Å². The highest BCUT2D eigenvalue weighted by molar-refractivity contribution is 6.34. The second kappa shape index (κ2) is 8.06. The fraction of sp³-hybridized carbons (Fsp3) is 0.0909. The Morgan fingerprint density at radius 2 is 1.26 bits per heavy atom. The van der Waals surface area contributed by atoms with E-state index in [1.165, 1.54) is 0 Å². The molecule has 5 heteroatoms. The van der Waals surface area contributed by atoms with Crippen molar-refractivity contribution in [3.8, 4) is 0 Å². The van der Waals surface area contributed by atoms with Crippen LogP contribution in [0.1, 0.15) is 31.8 Å².